The van der Waals surface area contributed by atoms with Crippen molar-refractivity contribution in [1.82, 2.24) is 0 Å². The summed E-state index contributed by atoms with van der Waals surface area (Å²) in [6, 6.07) is 0. The van der Waals surface area contributed by atoms with E-state index in [2.05, 4.69) is 4.74 Å². The van der Waals surface area contributed by atoms with Crippen molar-refractivity contribution in [1.29, 1.82) is 0 Å². The molecule has 1 heterocycles. The van der Waals surface area contributed by atoms with Gasteiger partial charge in [-0.1, -0.05) is 0 Å². The summed E-state index contributed by atoms with van der Waals surface area (Å²) in [7, 11) is 0. The van der Waals surface area contributed by atoms with Crippen LogP contribution >= 0.6 is 0 Å². The molecule has 0 aromatic rings. The van der Waals surface area contributed by atoms with E-state index in [-0.39, 0.29) is 0 Å². The Hall–Kier alpha value is -0.940. The van der Waals surface area contributed by atoms with Crippen molar-refractivity contribution >= 4 is 11.8 Å². The largest absolute Gasteiger partial charge is 0.451 e. The smallest absolute Gasteiger partial charge is 0.378 e. The summed E-state index contributed by atoms with van der Waals surface area (Å²) in [5, 5.41) is 17.2. The van der Waals surface area contributed by atoms with Crippen LogP contribution in [0.1, 0.15) is 0 Å². The minimum atomic E-state index is -1.49. The molecule has 2 N–H and O–H groups in total. The molecular formula is C5H6O5. The molecule has 1 saturated heterocycles. The van der Waals surface area contributed by atoms with Gasteiger partial charge >= 0.3 is 5.97 Å². The summed E-state index contributed by atoms with van der Waals surface area (Å²) in [6.45, 7) is -0.529. The minimum absolute atomic E-state index is 0.529. The van der Waals surface area contributed by atoms with Gasteiger partial charge in [-0.15, -0.1) is 0 Å². The highest BCUT2D eigenvalue weighted by atomic mass is 16.6. The van der Waals surface area contributed by atoms with Crippen LogP contribution in [0.4, 0.5) is 0 Å². The Morgan fingerprint density at radius 3 is 2.30 bits per heavy atom. The fourth-order valence-electron chi connectivity index (χ4n) is 0.687. The fourth-order valence-corrected chi connectivity index (χ4v) is 0.687. The van der Waals surface area contributed by atoms with Crippen LogP contribution in [-0.4, -0.2) is 40.8 Å². The number of aliphatic hydroxyl groups is 2. The molecule has 0 aromatic heterocycles. The van der Waals surface area contributed by atoms with E-state index in [0.29, 0.717) is 0 Å². The van der Waals surface area contributed by atoms with Gasteiger partial charge in [-0.3, -0.25) is 4.79 Å². The van der Waals surface area contributed by atoms with Crippen LogP contribution in [0.5, 0.6) is 0 Å². The molecule has 0 amide bonds. The molecule has 1 aliphatic heterocycles. The predicted octanol–water partition coefficient (Wildman–Crippen LogP) is -2.17. The molecule has 10 heavy (non-hydrogen) atoms. The second-order valence-electron chi connectivity index (χ2n) is 1.94. The number of carbonyl (C=O) groups is 2. The van der Waals surface area contributed by atoms with Crippen molar-refractivity contribution in [2.45, 2.75) is 12.2 Å². The molecule has 0 radical (unpaired) electrons. The quantitative estimate of drug-likeness (QED) is 0.325. The van der Waals surface area contributed by atoms with Crippen LogP contribution in [-0.2, 0) is 14.3 Å². The van der Waals surface area contributed by atoms with Crippen molar-refractivity contribution in [3.05, 3.63) is 0 Å². The number of hydrogen-bond donors (Lipinski definition) is 2. The lowest BCUT2D eigenvalue weighted by Gasteiger charge is -2.05. The Kier molecular flexibility index (Phi) is 1.69. The van der Waals surface area contributed by atoms with Crippen LogP contribution in [0.3, 0.4) is 0 Å². The molecule has 1 aliphatic rings. The first-order valence-corrected chi connectivity index (χ1v) is 2.70. The van der Waals surface area contributed by atoms with Gasteiger partial charge in [-0.05, 0) is 0 Å². The average Bonchev–Trinajstić information content (AvgIpc) is 2.17. The van der Waals surface area contributed by atoms with Crippen LogP contribution in [0.2, 0.25) is 0 Å². The molecule has 0 aliphatic carbocycles. The fraction of sp³-hybridized carbons (Fsp3) is 0.600. The highest BCUT2D eigenvalue weighted by molar-refractivity contribution is 6.37. The number of ether oxygens (including phenoxy) is 1. The molecule has 1 unspecified atom stereocenters. The van der Waals surface area contributed by atoms with Gasteiger partial charge in [-0.25, -0.2) is 4.79 Å². The Morgan fingerprint density at radius 1 is 1.50 bits per heavy atom. The van der Waals surface area contributed by atoms with E-state index >= 15 is 0 Å². The number of cyclic esters (lactones) is 1. The molecule has 0 spiro atoms. The summed E-state index contributed by atoms with van der Waals surface area (Å²) in [6.07, 6.45) is -2.56. The first-order valence-electron chi connectivity index (χ1n) is 2.70. The maximum absolute atomic E-state index is 10.4. The molecule has 0 aromatic carbocycles. The molecule has 5 nitrogen and oxygen atoms in total. The summed E-state index contributed by atoms with van der Waals surface area (Å²) >= 11 is 0. The van der Waals surface area contributed by atoms with E-state index in [1.165, 1.54) is 0 Å². The van der Waals surface area contributed by atoms with E-state index in [0.717, 1.165) is 0 Å². The number of ketones is 1. The average molecular weight is 146 g/mol. The summed E-state index contributed by atoms with van der Waals surface area (Å²) < 4.78 is 4.25. The zero-order valence-corrected chi connectivity index (χ0v) is 4.98. The molecular weight excluding hydrogens is 140 g/mol. The van der Waals surface area contributed by atoms with Gasteiger partial charge < -0.3 is 14.9 Å². The molecule has 2 atom stereocenters. The monoisotopic (exact) mass is 146 g/mol. The molecule has 1 rings (SSSR count). The number of aliphatic hydroxyl groups excluding tert-OH is 2. The number of rotatable bonds is 1. The summed E-state index contributed by atoms with van der Waals surface area (Å²) in [4.78, 5) is 20.7. The van der Waals surface area contributed by atoms with E-state index in [9.17, 15) is 9.59 Å². The normalized spacial score (nSPS) is 32.6. The Morgan fingerprint density at radius 2 is 2.10 bits per heavy atom. The van der Waals surface area contributed by atoms with Crippen molar-refractivity contribution in [2.24, 2.45) is 0 Å². The van der Waals surface area contributed by atoms with E-state index < -0.39 is 30.6 Å². The Bertz CT molecular complexity index is 175. The SMILES string of the molecule is O=C1O[C@H](CO)C(O)C1=O. The second-order valence-corrected chi connectivity index (χ2v) is 1.94. The highest BCUT2D eigenvalue weighted by Gasteiger charge is 2.41. The summed E-state index contributed by atoms with van der Waals surface area (Å²) in [5.41, 5.74) is 0. The highest BCUT2D eigenvalue weighted by Crippen LogP contribution is 2.10. The van der Waals surface area contributed by atoms with E-state index in [1.54, 1.807) is 0 Å². The number of carbonyl (C=O) groups excluding carboxylic acids is 2. The molecule has 1 fully saturated rings. The Labute approximate surface area is 56.2 Å². The zero-order valence-electron chi connectivity index (χ0n) is 4.98. The third kappa shape index (κ3) is 0.891. The van der Waals surface area contributed by atoms with Gasteiger partial charge in [0.25, 0.3) is 5.78 Å². The van der Waals surface area contributed by atoms with E-state index in [1.807, 2.05) is 0 Å². The third-order valence-electron chi connectivity index (χ3n) is 1.26. The molecule has 0 bridgehead atoms. The van der Waals surface area contributed by atoms with Crippen LogP contribution in [0.15, 0.2) is 0 Å². The lowest BCUT2D eigenvalue weighted by molar-refractivity contribution is -0.149. The van der Waals surface area contributed by atoms with Crippen molar-refractivity contribution in [3.63, 3.8) is 0 Å². The maximum Gasteiger partial charge on any atom is 0.378 e. The summed E-state index contributed by atoms with van der Waals surface area (Å²) in [5.74, 6) is -2.06. The predicted molar refractivity (Wildman–Crippen MR) is 28.0 cm³/mol. The van der Waals surface area contributed by atoms with Crippen molar-refractivity contribution < 1.29 is 24.5 Å². The Balaban J connectivity index is 2.71. The number of esters is 1. The van der Waals surface area contributed by atoms with Gasteiger partial charge in [0.1, 0.15) is 0 Å². The lowest BCUT2D eigenvalue weighted by Crippen LogP contribution is -2.29. The van der Waals surface area contributed by atoms with Gasteiger partial charge in [0.15, 0.2) is 12.2 Å². The number of Topliss-reactive ketones (excluding diaryl/α,β-unsaturated/α-hetero) is 1. The first-order chi connectivity index (χ1) is 4.66. The van der Waals surface area contributed by atoms with Gasteiger partial charge in [0, 0.05) is 0 Å². The van der Waals surface area contributed by atoms with E-state index in [4.69, 9.17) is 10.2 Å². The minimum Gasteiger partial charge on any atom is -0.451 e. The zero-order chi connectivity index (χ0) is 7.72. The number of hydrogen-bond acceptors (Lipinski definition) is 5. The first kappa shape index (κ1) is 7.17. The van der Waals surface area contributed by atoms with Gasteiger partial charge in [0.05, 0.1) is 6.61 Å². The maximum atomic E-state index is 10.4. The second kappa shape index (κ2) is 2.36. The lowest BCUT2D eigenvalue weighted by atomic mass is 10.2. The molecule has 0 saturated carbocycles. The van der Waals surface area contributed by atoms with Crippen molar-refractivity contribution in [3.8, 4) is 0 Å². The third-order valence-corrected chi connectivity index (χ3v) is 1.26. The van der Waals surface area contributed by atoms with Crippen molar-refractivity contribution in [2.75, 3.05) is 6.61 Å². The van der Waals surface area contributed by atoms with Gasteiger partial charge in [0.2, 0.25) is 0 Å². The standard InChI is InChI=1S/C5H6O5/c6-1-2-3(7)4(8)5(9)10-2/h2-3,6-7H,1H2/t2-,3?/m1/s1. The molecule has 56 valence electrons. The van der Waals surface area contributed by atoms with Crippen LogP contribution < -0.4 is 0 Å². The molecule has 5 heteroatoms. The van der Waals surface area contributed by atoms with Gasteiger partial charge in [-0.2, -0.15) is 0 Å². The van der Waals surface area contributed by atoms with Crippen LogP contribution in [0.25, 0.3) is 0 Å². The van der Waals surface area contributed by atoms with Crippen LogP contribution in [0, 0.1) is 0 Å². The topological polar surface area (TPSA) is 83.8 Å².